The van der Waals surface area contributed by atoms with Gasteiger partial charge in [-0.1, -0.05) is 0 Å². The fraction of sp³-hybridized carbons (Fsp3) is 0.0833. The van der Waals surface area contributed by atoms with E-state index in [-0.39, 0.29) is 11.6 Å². The van der Waals surface area contributed by atoms with Crippen LogP contribution in [0.15, 0.2) is 32.5 Å². The summed E-state index contributed by atoms with van der Waals surface area (Å²) >= 11 is 8.04. The van der Waals surface area contributed by atoms with E-state index in [0.29, 0.717) is 16.0 Å². The van der Waals surface area contributed by atoms with Gasteiger partial charge < -0.3 is 0 Å². The molecule has 1 nitrogen and oxygen atoms in total. The molecule has 0 bridgehead atoms. The minimum atomic E-state index is -0.298. The monoisotopic (exact) mass is 376 g/mol. The third-order valence-corrected chi connectivity index (χ3v) is 5.84. The smallest absolute Gasteiger partial charge is 0.204 e. The van der Waals surface area contributed by atoms with Crippen LogP contribution in [0, 0.1) is 12.7 Å². The molecule has 0 amide bonds. The highest BCUT2D eigenvalue weighted by Gasteiger charge is 2.17. The lowest BCUT2D eigenvalue weighted by molar-refractivity contribution is 0.104. The highest BCUT2D eigenvalue weighted by molar-refractivity contribution is 9.13. The number of thiophene rings is 1. The van der Waals surface area contributed by atoms with E-state index in [9.17, 15) is 9.18 Å². The van der Waals surface area contributed by atoms with Crippen LogP contribution in [0.5, 0.6) is 0 Å². The molecule has 1 aromatic carbocycles. The molecular formula is C12H7Br2FOS. The molecule has 0 spiro atoms. The lowest BCUT2D eigenvalue weighted by Crippen LogP contribution is -2.00. The normalized spacial score (nSPS) is 10.6. The van der Waals surface area contributed by atoms with Crippen LogP contribution in [0.25, 0.3) is 0 Å². The van der Waals surface area contributed by atoms with Crippen LogP contribution in [0.3, 0.4) is 0 Å². The zero-order chi connectivity index (χ0) is 12.6. The number of benzene rings is 1. The van der Waals surface area contributed by atoms with Crippen LogP contribution in [0.2, 0.25) is 0 Å². The van der Waals surface area contributed by atoms with Crippen molar-refractivity contribution in [2.75, 3.05) is 0 Å². The number of aryl methyl sites for hydroxylation is 1. The Balaban J connectivity index is 2.44. The van der Waals surface area contributed by atoms with Crippen molar-refractivity contribution in [3.63, 3.8) is 0 Å². The Morgan fingerprint density at radius 1 is 1.35 bits per heavy atom. The van der Waals surface area contributed by atoms with Crippen LogP contribution in [-0.2, 0) is 0 Å². The summed E-state index contributed by atoms with van der Waals surface area (Å²) in [4.78, 5) is 12.8. The van der Waals surface area contributed by atoms with E-state index in [1.807, 2.05) is 5.38 Å². The van der Waals surface area contributed by atoms with Crippen molar-refractivity contribution in [3.05, 3.63) is 54.3 Å². The SMILES string of the molecule is Cc1cc(C(=O)c2scc(Br)c2Br)ccc1F. The van der Waals surface area contributed by atoms with Gasteiger partial charge in [-0.05, 0) is 62.5 Å². The molecule has 1 aromatic heterocycles. The van der Waals surface area contributed by atoms with E-state index in [4.69, 9.17) is 0 Å². The zero-order valence-electron chi connectivity index (χ0n) is 8.76. The fourth-order valence-electron chi connectivity index (χ4n) is 1.39. The molecule has 0 radical (unpaired) electrons. The van der Waals surface area contributed by atoms with E-state index < -0.39 is 0 Å². The molecule has 5 heteroatoms. The highest BCUT2D eigenvalue weighted by atomic mass is 79.9. The van der Waals surface area contributed by atoms with Crippen molar-refractivity contribution < 1.29 is 9.18 Å². The van der Waals surface area contributed by atoms with Crippen molar-refractivity contribution >= 4 is 49.0 Å². The number of ketones is 1. The predicted octanol–water partition coefficient (Wildman–Crippen LogP) is 4.95. The minimum Gasteiger partial charge on any atom is -0.288 e. The van der Waals surface area contributed by atoms with Crippen LogP contribution >= 0.6 is 43.2 Å². The van der Waals surface area contributed by atoms with Crippen LogP contribution in [0.1, 0.15) is 20.8 Å². The third-order valence-electron chi connectivity index (χ3n) is 2.32. The first-order valence-electron chi connectivity index (χ1n) is 4.74. The molecule has 0 atom stereocenters. The van der Waals surface area contributed by atoms with Gasteiger partial charge in [0.2, 0.25) is 5.78 Å². The second-order valence-electron chi connectivity index (χ2n) is 3.52. The Bertz CT molecular complexity index is 592. The molecule has 0 aliphatic carbocycles. The maximum Gasteiger partial charge on any atom is 0.204 e. The Kier molecular flexibility index (Phi) is 3.80. The molecule has 0 N–H and O–H groups in total. The van der Waals surface area contributed by atoms with E-state index in [2.05, 4.69) is 31.9 Å². The molecule has 0 saturated heterocycles. The third kappa shape index (κ3) is 2.51. The summed E-state index contributed by atoms with van der Waals surface area (Å²) in [6.07, 6.45) is 0. The van der Waals surface area contributed by atoms with Gasteiger partial charge in [0.25, 0.3) is 0 Å². The van der Waals surface area contributed by atoms with E-state index in [1.165, 1.54) is 23.5 Å². The van der Waals surface area contributed by atoms with E-state index in [1.54, 1.807) is 13.0 Å². The Morgan fingerprint density at radius 2 is 2.06 bits per heavy atom. The van der Waals surface area contributed by atoms with Gasteiger partial charge >= 0.3 is 0 Å². The van der Waals surface area contributed by atoms with Crippen LogP contribution in [0.4, 0.5) is 4.39 Å². The predicted molar refractivity (Wildman–Crippen MR) is 74.3 cm³/mol. The first-order valence-corrected chi connectivity index (χ1v) is 7.20. The second-order valence-corrected chi connectivity index (χ2v) is 6.05. The summed E-state index contributed by atoms with van der Waals surface area (Å²) < 4.78 is 14.7. The van der Waals surface area contributed by atoms with Crippen molar-refractivity contribution in [2.45, 2.75) is 6.92 Å². The quantitative estimate of drug-likeness (QED) is 0.676. The molecule has 1 heterocycles. The topological polar surface area (TPSA) is 17.1 Å². The molecule has 0 fully saturated rings. The second kappa shape index (κ2) is 5.00. The number of halogens is 3. The number of hydrogen-bond donors (Lipinski definition) is 0. The largest absolute Gasteiger partial charge is 0.288 e. The van der Waals surface area contributed by atoms with Gasteiger partial charge in [0, 0.05) is 15.4 Å². The van der Waals surface area contributed by atoms with Gasteiger partial charge in [0.15, 0.2) is 0 Å². The van der Waals surface area contributed by atoms with Gasteiger partial charge in [-0.15, -0.1) is 11.3 Å². The highest BCUT2D eigenvalue weighted by Crippen LogP contribution is 2.34. The standard InChI is InChI=1S/C12H7Br2FOS/c1-6-4-7(2-3-9(6)15)11(16)12-10(14)8(13)5-17-12/h2-5H,1H3. The maximum absolute atomic E-state index is 13.1. The lowest BCUT2D eigenvalue weighted by atomic mass is 10.1. The van der Waals surface area contributed by atoms with Crippen molar-refractivity contribution in [2.24, 2.45) is 0 Å². The molecule has 88 valence electrons. The average molecular weight is 378 g/mol. The maximum atomic E-state index is 13.1. The fourth-order valence-corrected chi connectivity index (χ4v) is 3.51. The Hall–Kier alpha value is -0.520. The van der Waals surface area contributed by atoms with Crippen LogP contribution < -0.4 is 0 Å². The molecule has 0 unspecified atom stereocenters. The first-order chi connectivity index (χ1) is 8.00. The molecule has 2 rings (SSSR count). The molecule has 2 aromatic rings. The summed E-state index contributed by atoms with van der Waals surface area (Å²) in [6, 6.07) is 4.39. The lowest BCUT2D eigenvalue weighted by Gasteiger charge is -2.02. The molecule has 0 aliphatic heterocycles. The Labute approximate surface area is 119 Å². The van der Waals surface area contributed by atoms with E-state index >= 15 is 0 Å². The van der Waals surface area contributed by atoms with Crippen molar-refractivity contribution in [3.8, 4) is 0 Å². The van der Waals surface area contributed by atoms with Gasteiger partial charge in [-0.2, -0.15) is 0 Å². The number of carbonyl (C=O) groups excluding carboxylic acids is 1. The summed E-state index contributed by atoms with van der Waals surface area (Å²) in [5.41, 5.74) is 0.974. The van der Waals surface area contributed by atoms with Crippen molar-refractivity contribution in [1.82, 2.24) is 0 Å². The summed E-state index contributed by atoms with van der Waals surface area (Å²) in [5, 5.41) is 1.84. The summed E-state index contributed by atoms with van der Waals surface area (Å²) in [7, 11) is 0. The molecule has 0 saturated carbocycles. The van der Waals surface area contributed by atoms with Gasteiger partial charge in [-0.3, -0.25) is 4.79 Å². The number of hydrogen-bond acceptors (Lipinski definition) is 2. The average Bonchev–Trinajstić information content (AvgIpc) is 2.63. The van der Waals surface area contributed by atoms with Gasteiger partial charge in [0.1, 0.15) is 5.82 Å². The number of carbonyl (C=O) groups is 1. The molecule has 0 aliphatic rings. The van der Waals surface area contributed by atoms with Gasteiger partial charge in [-0.25, -0.2) is 4.39 Å². The van der Waals surface area contributed by atoms with Gasteiger partial charge in [0.05, 0.1) is 9.35 Å². The minimum absolute atomic E-state index is 0.101. The van der Waals surface area contributed by atoms with Crippen LogP contribution in [-0.4, -0.2) is 5.78 Å². The zero-order valence-corrected chi connectivity index (χ0v) is 12.7. The molecular weight excluding hydrogens is 371 g/mol. The van der Waals surface area contributed by atoms with E-state index in [0.717, 1.165) is 8.95 Å². The first kappa shape index (κ1) is 12.9. The Morgan fingerprint density at radius 3 is 2.59 bits per heavy atom. The number of rotatable bonds is 2. The summed E-state index contributed by atoms with van der Waals surface area (Å²) in [6.45, 7) is 1.64. The molecule has 17 heavy (non-hydrogen) atoms. The van der Waals surface area contributed by atoms with Crippen molar-refractivity contribution in [1.29, 1.82) is 0 Å². The summed E-state index contributed by atoms with van der Waals surface area (Å²) in [5.74, 6) is -0.399.